The predicted octanol–water partition coefficient (Wildman–Crippen LogP) is 4.22. The lowest BCUT2D eigenvalue weighted by Gasteiger charge is -2.60. The SMILES string of the molecule is CCN(C(=O)C(C)C)c1cc(F)ccc1Oc1cncnc1N1CC2(CN(C(=O)C3Cc4ccc([S+](C)[O-])cc4C3)C2)C1. The summed E-state index contributed by atoms with van der Waals surface area (Å²) in [6.45, 7) is 8.68. The molecular formula is C32H36FN5O4S. The molecule has 0 radical (unpaired) electrons. The van der Waals surface area contributed by atoms with Crippen molar-refractivity contribution < 1.29 is 23.3 Å². The second-order valence-electron chi connectivity index (χ2n) is 12.2. The normalized spacial score (nSPS) is 19.1. The standard InChI is InChI=1S/C32H36FN5O4S/c1-5-38(30(39)20(2)3)26-13-24(33)7-9-27(26)42-28-14-34-19-35-29(28)36-15-32(16-36)17-37(18-32)31(40)23-10-21-6-8-25(43(4)41)12-22(21)11-23/h6-9,12-14,19-20,23H,5,10-11,15-18H2,1-4H3. The highest BCUT2D eigenvalue weighted by Crippen LogP contribution is 2.46. The van der Waals surface area contributed by atoms with Crippen molar-refractivity contribution in [2.24, 2.45) is 17.3 Å². The Morgan fingerprint density at radius 1 is 1.12 bits per heavy atom. The highest BCUT2D eigenvalue weighted by Gasteiger charge is 2.54. The van der Waals surface area contributed by atoms with Crippen LogP contribution in [0, 0.1) is 23.1 Å². The zero-order valence-corrected chi connectivity index (χ0v) is 25.7. The maximum absolute atomic E-state index is 14.3. The number of hydrogen-bond acceptors (Lipinski definition) is 7. The highest BCUT2D eigenvalue weighted by molar-refractivity contribution is 7.90. The number of anilines is 2. The number of hydrogen-bond donors (Lipinski definition) is 0. The van der Waals surface area contributed by atoms with Gasteiger partial charge in [0.2, 0.25) is 11.8 Å². The number of aromatic nitrogens is 2. The molecule has 3 aliphatic rings. The molecule has 2 aromatic carbocycles. The van der Waals surface area contributed by atoms with Crippen molar-refractivity contribution >= 4 is 34.5 Å². The first-order chi connectivity index (χ1) is 20.6. The number of rotatable bonds is 8. The lowest BCUT2D eigenvalue weighted by molar-refractivity contribution is -0.149. The summed E-state index contributed by atoms with van der Waals surface area (Å²) in [6, 6.07) is 10.0. The van der Waals surface area contributed by atoms with Crippen LogP contribution in [0.25, 0.3) is 0 Å². The van der Waals surface area contributed by atoms with E-state index in [4.69, 9.17) is 4.74 Å². The van der Waals surface area contributed by atoms with Crippen molar-refractivity contribution in [2.75, 3.05) is 48.8 Å². The van der Waals surface area contributed by atoms with Gasteiger partial charge in [-0.2, -0.15) is 0 Å². The number of nitrogens with zero attached hydrogens (tertiary/aromatic N) is 5. The van der Waals surface area contributed by atoms with Crippen LogP contribution >= 0.6 is 0 Å². The maximum atomic E-state index is 14.3. The first-order valence-electron chi connectivity index (χ1n) is 14.7. The summed E-state index contributed by atoms with van der Waals surface area (Å²) in [5.74, 6) is 0.656. The number of carbonyl (C=O) groups is 2. The fourth-order valence-electron chi connectivity index (χ4n) is 6.52. The average Bonchev–Trinajstić information content (AvgIpc) is 3.37. The van der Waals surface area contributed by atoms with Crippen molar-refractivity contribution in [2.45, 2.75) is 38.5 Å². The van der Waals surface area contributed by atoms with Crippen LogP contribution in [0.4, 0.5) is 15.9 Å². The van der Waals surface area contributed by atoms with E-state index in [0.29, 0.717) is 49.1 Å². The molecule has 2 unspecified atom stereocenters. The lowest BCUT2D eigenvalue weighted by Crippen LogP contribution is -2.73. The third-order valence-corrected chi connectivity index (χ3v) is 9.59. The molecule has 3 aromatic rings. The Bertz CT molecular complexity index is 1550. The van der Waals surface area contributed by atoms with Crippen LogP contribution in [0.1, 0.15) is 31.9 Å². The summed E-state index contributed by atoms with van der Waals surface area (Å²) in [7, 11) is 0. The summed E-state index contributed by atoms with van der Waals surface area (Å²) in [4.78, 5) is 41.2. The molecule has 2 saturated heterocycles. The van der Waals surface area contributed by atoms with Crippen LogP contribution < -0.4 is 14.5 Å². The number of amides is 2. The van der Waals surface area contributed by atoms with Gasteiger partial charge in [0.25, 0.3) is 0 Å². The molecule has 9 nitrogen and oxygen atoms in total. The minimum atomic E-state index is -1.04. The van der Waals surface area contributed by atoms with Crippen molar-refractivity contribution in [1.29, 1.82) is 0 Å². The van der Waals surface area contributed by atoms with Gasteiger partial charge in [-0.1, -0.05) is 19.9 Å². The molecule has 43 heavy (non-hydrogen) atoms. The summed E-state index contributed by atoms with van der Waals surface area (Å²) < 4.78 is 32.4. The lowest BCUT2D eigenvalue weighted by atomic mass is 9.72. The van der Waals surface area contributed by atoms with Gasteiger partial charge in [-0.15, -0.1) is 0 Å². The topological polar surface area (TPSA) is 102 Å². The third kappa shape index (κ3) is 5.56. The largest absolute Gasteiger partial charge is 0.612 e. The number of benzene rings is 2. The van der Waals surface area contributed by atoms with Crippen LogP contribution in [0.3, 0.4) is 0 Å². The number of halogens is 1. The summed E-state index contributed by atoms with van der Waals surface area (Å²) >= 11 is -1.04. The molecular weight excluding hydrogens is 569 g/mol. The zero-order valence-electron chi connectivity index (χ0n) is 24.9. The molecule has 0 N–H and O–H groups in total. The molecule has 2 atom stereocenters. The molecule has 2 fully saturated rings. The van der Waals surface area contributed by atoms with E-state index in [1.807, 2.05) is 43.9 Å². The number of carbonyl (C=O) groups excluding carboxylic acids is 2. The monoisotopic (exact) mass is 605 g/mol. The first kappa shape index (κ1) is 29.4. The minimum Gasteiger partial charge on any atom is -0.612 e. The molecule has 11 heteroatoms. The van der Waals surface area contributed by atoms with Gasteiger partial charge in [-0.25, -0.2) is 14.4 Å². The molecule has 226 valence electrons. The number of fused-ring (bicyclic) bond motifs is 1. The first-order valence-corrected chi connectivity index (χ1v) is 16.2. The van der Waals surface area contributed by atoms with Crippen LogP contribution in [0.2, 0.25) is 0 Å². The van der Waals surface area contributed by atoms with Crippen LogP contribution in [-0.2, 0) is 33.6 Å². The van der Waals surface area contributed by atoms with E-state index < -0.39 is 17.0 Å². The highest BCUT2D eigenvalue weighted by atomic mass is 32.2. The quantitative estimate of drug-likeness (QED) is 0.355. The molecule has 1 aromatic heterocycles. The molecule has 1 spiro atoms. The Hall–Kier alpha value is -3.70. The maximum Gasteiger partial charge on any atom is 0.229 e. The van der Waals surface area contributed by atoms with Gasteiger partial charge in [0.1, 0.15) is 18.4 Å². The Morgan fingerprint density at radius 2 is 1.86 bits per heavy atom. The molecule has 6 rings (SSSR count). The van der Waals surface area contributed by atoms with E-state index >= 15 is 0 Å². The third-order valence-electron chi connectivity index (χ3n) is 8.67. The molecule has 2 aliphatic heterocycles. The van der Waals surface area contributed by atoms with E-state index in [1.54, 1.807) is 12.5 Å². The molecule has 3 heterocycles. The number of likely N-dealkylation sites (tertiary alicyclic amines) is 1. The summed E-state index contributed by atoms with van der Waals surface area (Å²) in [5, 5.41) is 0. The van der Waals surface area contributed by atoms with Crippen LogP contribution in [0.15, 0.2) is 53.8 Å². The Kier molecular flexibility index (Phi) is 7.80. The van der Waals surface area contributed by atoms with Gasteiger partial charge in [-0.3, -0.25) is 9.59 Å². The zero-order chi connectivity index (χ0) is 30.5. The summed E-state index contributed by atoms with van der Waals surface area (Å²) in [6.07, 6.45) is 6.14. The van der Waals surface area contributed by atoms with Crippen molar-refractivity contribution in [3.8, 4) is 11.5 Å². The van der Waals surface area contributed by atoms with E-state index in [1.165, 1.54) is 35.0 Å². The van der Waals surface area contributed by atoms with Crippen molar-refractivity contribution in [3.63, 3.8) is 0 Å². The van der Waals surface area contributed by atoms with E-state index in [-0.39, 0.29) is 29.1 Å². The van der Waals surface area contributed by atoms with Crippen molar-refractivity contribution in [3.05, 3.63) is 65.9 Å². The molecule has 2 amide bonds. The predicted molar refractivity (Wildman–Crippen MR) is 162 cm³/mol. The van der Waals surface area contributed by atoms with Crippen molar-refractivity contribution in [1.82, 2.24) is 14.9 Å². The molecule has 0 bridgehead atoms. The second kappa shape index (κ2) is 11.4. The smallest absolute Gasteiger partial charge is 0.229 e. The van der Waals surface area contributed by atoms with Gasteiger partial charge in [0, 0.05) is 56.0 Å². The van der Waals surface area contributed by atoms with Crippen LogP contribution in [-0.4, -0.2) is 70.2 Å². The Labute approximate surface area is 254 Å². The molecule has 0 saturated carbocycles. The van der Waals surface area contributed by atoms with Gasteiger partial charge < -0.3 is 24.0 Å². The second-order valence-corrected chi connectivity index (χ2v) is 13.6. The van der Waals surface area contributed by atoms with E-state index in [0.717, 1.165) is 30.0 Å². The summed E-state index contributed by atoms with van der Waals surface area (Å²) in [5.41, 5.74) is 2.68. The van der Waals surface area contributed by atoms with E-state index in [2.05, 4.69) is 14.9 Å². The molecule has 1 aliphatic carbocycles. The van der Waals surface area contributed by atoms with Gasteiger partial charge >= 0.3 is 0 Å². The van der Waals surface area contributed by atoms with E-state index in [9.17, 15) is 18.5 Å². The fourth-order valence-corrected chi connectivity index (χ4v) is 7.09. The fraction of sp³-hybridized carbons (Fsp3) is 0.438. The van der Waals surface area contributed by atoms with Gasteiger partial charge in [0.05, 0.1) is 11.9 Å². The Morgan fingerprint density at radius 3 is 2.56 bits per heavy atom. The van der Waals surface area contributed by atoms with Gasteiger partial charge in [-0.05, 0) is 66.3 Å². The minimum absolute atomic E-state index is 0.0132. The average molecular weight is 606 g/mol. The number of ether oxygens (including phenoxy) is 1. The Balaban J connectivity index is 1.10. The van der Waals surface area contributed by atoms with Crippen LogP contribution in [0.5, 0.6) is 11.5 Å². The van der Waals surface area contributed by atoms with Gasteiger partial charge in [0.15, 0.2) is 22.2 Å².